The van der Waals surface area contributed by atoms with Gasteiger partial charge in [0.25, 0.3) is 0 Å². The number of halogens is 2. The van der Waals surface area contributed by atoms with Crippen molar-refractivity contribution in [2.45, 2.75) is 74.3 Å². The van der Waals surface area contributed by atoms with Crippen molar-refractivity contribution in [3.63, 3.8) is 0 Å². The lowest BCUT2D eigenvalue weighted by molar-refractivity contribution is -0.175. The van der Waals surface area contributed by atoms with Gasteiger partial charge in [-0.25, -0.2) is 4.79 Å². The normalized spacial score (nSPS) is 29.2. The van der Waals surface area contributed by atoms with Crippen LogP contribution in [0.1, 0.15) is 43.7 Å². The highest BCUT2D eigenvalue weighted by Gasteiger charge is 2.72. The highest BCUT2D eigenvalue weighted by atomic mass is 35.5. The minimum atomic E-state index is -1.28. The molecule has 39 heavy (non-hydrogen) atoms. The summed E-state index contributed by atoms with van der Waals surface area (Å²) < 4.78 is 22.9. The predicted octanol–water partition coefficient (Wildman–Crippen LogP) is 1.48. The number of carbonyl (C=O) groups excluding carboxylic acids is 2. The van der Waals surface area contributed by atoms with E-state index in [9.17, 15) is 19.5 Å². The summed E-state index contributed by atoms with van der Waals surface area (Å²) in [4.78, 5) is 38.1. The fourth-order valence-electron chi connectivity index (χ4n) is 6.49. The summed E-state index contributed by atoms with van der Waals surface area (Å²) in [5, 5.41) is 21.0. The Morgan fingerprint density at radius 1 is 1.26 bits per heavy atom. The molecule has 2 aliphatic carbocycles. The van der Waals surface area contributed by atoms with E-state index in [1.54, 1.807) is 13.2 Å². The van der Waals surface area contributed by atoms with E-state index >= 15 is 0 Å². The van der Waals surface area contributed by atoms with E-state index in [2.05, 4.69) is 4.90 Å². The lowest BCUT2D eigenvalue weighted by Gasteiger charge is -2.61. The van der Waals surface area contributed by atoms with E-state index in [-0.39, 0.29) is 55.9 Å². The number of aliphatic carboxylic acids is 1. The Bertz CT molecular complexity index is 1190. The van der Waals surface area contributed by atoms with Gasteiger partial charge < -0.3 is 39.8 Å². The summed E-state index contributed by atoms with van der Waals surface area (Å²) in [5.74, 6) is -1.44. The van der Waals surface area contributed by atoms with E-state index in [0.717, 1.165) is 17.7 Å². The van der Waals surface area contributed by atoms with Gasteiger partial charge in [-0.3, -0.25) is 9.59 Å². The van der Waals surface area contributed by atoms with Crippen LogP contribution in [0, 0.1) is 0 Å². The second-order valence-electron chi connectivity index (χ2n) is 10.3. The van der Waals surface area contributed by atoms with Crippen molar-refractivity contribution in [3.8, 4) is 11.5 Å². The fourth-order valence-corrected chi connectivity index (χ4v) is 6.49. The Balaban J connectivity index is 0.00000210. The molecule has 0 amide bonds. The van der Waals surface area contributed by atoms with E-state index in [0.29, 0.717) is 24.3 Å². The SMILES string of the molecule is COc1ccc2c3c1O[C@H]1C(OC(=O)C(C)OC(=O)C(N)CCC(=O)O)=CC[C@@]4(O)[C@@H](C2)N(C)CC[C@]314.Cl.Cl. The van der Waals surface area contributed by atoms with E-state index in [1.165, 1.54) is 6.92 Å². The van der Waals surface area contributed by atoms with Crippen molar-refractivity contribution in [1.29, 1.82) is 0 Å². The maximum Gasteiger partial charge on any atom is 0.352 e. The first kappa shape index (κ1) is 31.0. The molecule has 11 nitrogen and oxygen atoms in total. The van der Waals surface area contributed by atoms with Crippen molar-refractivity contribution in [3.05, 3.63) is 35.1 Å². The zero-order valence-corrected chi connectivity index (χ0v) is 23.5. The average molecular weight is 589 g/mol. The van der Waals surface area contributed by atoms with Crippen LogP contribution in [0.3, 0.4) is 0 Å². The van der Waals surface area contributed by atoms with Crippen LogP contribution in [0.25, 0.3) is 0 Å². The molecule has 4 N–H and O–H groups in total. The van der Waals surface area contributed by atoms with Crippen LogP contribution in [0.2, 0.25) is 0 Å². The van der Waals surface area contributed by atoms with Crippen LogP contribution < -0.4 is 15.2 Å². The first-order chi connectivity index (χ1) is 17.5. The van der Waals surface area contributed by atoms with E-state index in [1.807, 2.05) is 19.2 Å². The summed E-state index contributed by atoms with van der Waals surface area (Å²) in [5.41, 5.74) is 5.71. The molecule has 1 fully saturated rings. The zero-order valence-electron chi connectivity index (χ0n) is 21.9. The minimum absolute atomic E-state index is 0. The Labute approximate surface area is 238 Å². The Kier molecular flexibility index (Phi) is 8.84. The highest BCUT2D eigenvalue weighted by Crippen LogP contribution is 2.65. The zero-order chi connectivity index (χ0) is 26.7. The van der Waals surface area contributed by atoms with Gasteiger partial charge in [0, 0.05) is 24.4 Å². The lowest BCUT2D eigenvalue weighted by atomic mass is 9.50. The number of hydrogen-bond acceptors (Lipinski definition) is 10. The quantitative estimate of drug-likeness (QED) is 0.377. The number of likely N-dealkylation sites (N-methyl/N-ethyl adjacent to an activating group) is 1. The number of rotatable bonds is 8. The summed E-state index contributed by atoms with van der Waals surface area (Å²) in [6.45, 7) is 2.09. The Morgan fingerprint density at radius 2 is 1.97 bits per heavy atom. The number of carboxylic acid groups (broad SMARTS) is 1. The van der Waals surface area contributed by atoms with Crippen molar-refractivity contribution in [1.82, 2.24) is 4.90 Å². The molecule has 2 bridgehead atoms. The molecule has 4 aliphatic rings. The topological polar surface area (TPSA) is 158 Å². The summed E-state index contributed by atoms with van der Waals surface area (Å²) >= 11 is 0. The first-order valence-corrected chi connectivity index (χ1v) is 12.4. The third-order valence-electron chi connectivity index (χ3n) is 8.37. The average Bonchev–Trinajstić information content (AvgIpc) is 3.21. The molecule has 1 aromatic carbocycles. The molecule has 216 valence electrons. The van der Waals surface area contributed by atoms with Gasteiger partial charge >= 0.3 is 17.9 Å². The second kappa shape index (κ2) is 11.1. The Morgan fingerprint density at radius 3 is 2.64 bits per heavy atom. The van der Waals surface area contributed by atoms with E-state index < -0.39 is 47.2 Å². The van der Waals surface area contributed by atoms with Crippen molar-refractivity contribution in [2.75, 3.05) is 20.7 Å². The van der Waals surface area contributed by atoms with Crippen molar-refractivity contribution >= 4 is 42.7 Å². The number of ether oxygens (including phenoxy) is 4. The van der Waals surface area contributed by atoms with Crippen LogP contribution in [-0.4, -0.2) is 83.6 Å². The molecule has 1 aromatic rings. The highest BCUT2D eigenvalue weighted by molar-refractivity contribution is 5.85. The number of nitrogens with zero attached hydrogens (tertiary/aromatic N) is 1. The molecule has 6 atom stereocenters. The molecule has 1 spiro atoms. The number of piperidine rings is 1. The third kappa shape index (κ3) is 4.63. The fraction of sp³-hybridized carbons (Fsp3) is 0.577. The van der Waals surface area contributed by atoms with Crippen molar-refractivity contribution < 1.29 is 43.5 Å². The van der Waals surface area contributed by atoms with Gasteiger partial charge in [-0.05, 0) is 57.5 Å². The number of carbonyl (C=O) groups is 3. The predicted molar refractivity (Wildman–Crippen MR) is 142 cm³/mol. The molecule has 5 rings (SSSR count). The number of likely N-dealkylation sites (tertiary alicyclic amines) is 1. The summed E-state index contributed by atoms with van der Waals surface area (Å²) in [7, 11) is 3.56. The molecule has 1 saturated heterocycles. The maximum atomic E-state index is 13.0. The number of aliphatic hydroxyl groups is 1. The van der Waals surface area contributed by atoms with Crippen LogP contribution in [0.5, 0.6) is 11.5 Å². The summed E-state index contributed by atoms with van der Waals surface area (Å²) in [6, 6.07) is 2.55. The number of hydrogen-bond donors (Lipinski definition) is 3. The molecule has 0 radical (unpaired) electrons. The largest absolute Gasteiger partial charge is 0.493 e. The molecule has 13 heteroatoms. The molecular formula is C26H34Cl2N2O9. The smallest absolute Gasteiger partial charge is 0.352 e. The van der Waals surface area contributed by atoms with Gasteiger partial charge in [0.15, 0.2) is 23.7 Å². The van der Waals surface area contributed by atoms with Crippen LogP contribution in [0.15, 0.2) is 24.0 Å². The number of nitrogens with two attached hydrogens (primary N) is 1. The molecule has 2 heterocycles. The third-order valence-corrected chi connectivity index (χ3v) is 8.37. The number of esters is 2. The second-order valence-corrected chi connectivity index (χ2v) is 10.3. The van der Waals surface area contributed by atoms with Gasteiger partial charge in [-0.15, -0.1) is 24.8 Å². The maximum absolute atomic E-state index is 13.0. The van der Waals surface area contributed by atoms with Crippen LogP contribution >= 0.6 is 24.8 Å². The molecular weight excluding hydrogens is 555 g/mol. The standard InChI is InChI=1S/C26H32N2O9.2ClH/c1-13(35-24(32)15(27)5-7-19(29)30)23(31)36-17-8-9-26(33)18-12-14-4-6-16(34-3)21-20(14)25(26,22(17)37-21)10-11-28(18)2;;/h4,6,8,13,15,18,22,33H,5,7,9-12,27H2,1-3H3,(H,29,30);2*1H/t13?,15?,18-,22+,25+,26-;;/m1../s1. The van der Waals surface area contributed by atoms with Crippen LogP contribution in [0.4, 0.5) is 0 Å². The monoisotopic (exact) mass is 588 g/mol. The van der Waals surface area contributed by atoms with Crippen molar-refractivity contribution in [2.24, 2.45) is 5.73 Å². The molecule has 2 unspecified atom stereocenters. The van der Waals surface area contributed by atoms with Gasteiger partial charge in [0.2, 0.25) is 0 Å². The van der Waals surface area contributed by atoms with Crippen LogP contribution in [-0.2, 0) is 35.7 Å². The number of benzene rings is 1. The number of carboxylic acids is 1. The number of methoxy groups -OCH3 is 1. The molecule has 0 saturated carbocycles. The van der Waals surface area contributed by atoms with Gasteiger partial charge in [-0.1, -0.05) is 6.07 Å². The molecule has 2 aliphatic heterocycles. The Hall–Kier alpha value is -2.57. The van der Waals surface area contributed by atoms with Gasteiger partial charge in [0.1, 0.15) is 11.8 Å². The lowest BCUT2D eigenvalue weighted by Crippen LogP contribution is -2.74. The summed E-state index contributed by atoms with van der Waals surface area (Å²) in [6.07, 6.45) is 0.731. The van der Waals surface area contributed by atoms with Gasteiger partial charge in [-0.2, -0.15) is 0 Å². The van der Waals surface area contributed by atoms with Gasteiger partial charge in [0.05, 0.1) is 18.1 Å². The first-order valence-electron chi connectivity index (χ1n) is 12.4. The molecule has 0 aromatic heterocycles. The minimum Gasteiger partial charge on any atom is -0.493 e. The van der Waals surface area contributed by atoms with E-state index in [4.69, 9.17) is 29.8 Å².